The summed E-state index contributed by atoms with van der Waals surface area (Å²) in [4.78, 5) is 10.7. The number of hydrazine groups is 1. The molecule has 0 spiro atoms. The van der Waals surface area contributed by atoms with E-state index in [-0.39, 0.29) is 17.6 Å². The number of nitrogens with zero attached hydrogens (tertiary/aromatic N) is 1. The van der Waals surface area contributed by atoms with E-state index in [0.29, 0.717) is 32.4 Å². The van der Waals surface area contributed by atoms with Gasteiger partial charge in [0.2, 0.25) is 15.9 Å². The van der Waals surface area contributed by atoms with E-state index >= 15 is 0 Å². The topological polar surface area (TPSA) is 92.5 Å². The van der Waals surface area contributed by atoms with Crippen molar-refractivity contribution in [2.75, 3.05) is 18.8 Å². The number of carbonyl (C=O) groups excluding carboxylic acids is 1. The minimum atomic E-state index is -3.19. The SMILES string of the molecule is CC(CCC(N)=O)CN1NCCCCS1(=O)=O. The van der Waals surface area contributed by atoms with Crippen LogP contribution in [0.1, 0.15) is 32.6 Å². The quantitative estimate of drug-likeness (QED) is 0.719. The number of primary amides is 1. The Morgan fingerprint density at radius 2 is 2.18 bits per heavy atom. The number of rotatable bonds is 5. The lowest BCUT2D eigenvalue weighted by atomic mass is 10.1. The van der Waals surface area contributed by atoms with Gasteiger partial charge in [-0.15, -0.1) is 4.41 Å². The summed E-state index contributed by atoms with van der Waals surface area (Å²) in [6, 6.07) is 0. The highest BCUT2D eigenvalue weighted by atomic mass is 32.2. The van der Waals surface area contributed by atoms with E-state index in [1.54, 1.807) is 0 Å². The van der Waals surface area contributed by atoms with E-state index in [1.165, 1.54) is 4.41 Å². The molecule has 0 aromatic heterocycles. The van der Waals surface area contributed by atoms with Gasteiger partial charge < -0.3 is 5.73 Å². The molecule has 1 unspecified atom stereocenters. The Morgan fingerprint density at radius 3 is 2.82 bits per heavy atom. The summed E-state index contributed by atoms with van der Waals surface area (Å²) in [5.41, 5.74) is 7.99. The number of nitrogens with one attached hydrogen (secondary N) is 1. The van der Waals surface area contributed by atoms with Gasteiger partial charge in [0.25, 0.3) is 0 Å². The van der Waals surface area contributed by atoms with Gasteiger partial charge in [0, 0.05) is 19.5 Å². The van der Waals surface area contributed by atoms with Gasteiger partial charge in [-0.05, 0) is 25.2 Å². The molecule has 0 aromatic carbocycles. The molecule has 0 aromatic rings. The molecule has 0 aliphatic carbocycles. The smallest absolute Gasteiger partial charge is 0.226 e. The molecular formula is C10H21N3O3S. The highest BCUT2D eigenvalue weighted by Crippen LogP contribution is 2.12. The van der Waals surface area contributed by atoms with Gasteiger partial charge in [0.1, 0.15) is 0 Å². The predicted molar refractivity (Wildman–Crippen MR) is 65.3 cm³/mol. The molecular weight excluding hydrogens is 242 g/mol. The summed E-state index contributed by atoms with van der Waals surface area (Å²) in [5, 5.41) is 0. The van der Waals surface area contributed by atoms with Crippen LogP contribution in [0.4, 0.5) is 0 Å². The van der Waals surface area contributed by atoms with Gasteiger partial charge in [-0.2, -0.15) is 0 Å². The van der Waals surface area contributed by atoms with Gasteiger partial charge >= 0.3 is 0 Å². The number of hydrogen-bond donors (Lipinski definition) is 2. The number of amides is 1. The fourth-order valence-corrected chi connectivity index (χ4v) is 3.32. The lowest BCUT2D eigenvalue weighted by molar-refractivity contribution is -0.118. The van der Waals surface area contributed by atoms with Crippen LogP contribution in [0.2, 0.25) is 0 Å². The maximum atomic E-state index is 11.8. The minimum absolute atomic E-state index is 0.114. The lowest BCUT2D eigenvalue weighted by Crippen LogP contribution is -2.44. The molecule has 6 nitrogen and oxygen atoms in total. The van der Waals surface area contributed by atoms with Crippen molar-refractivity contribution in [2.24, 2.45) is 11.7 Å². The van der Waals surface area contributed by atoms with Gasteiger partial charge in [-0.1, -0.05) is 6.92 Å². The number of nitrogens with two attached hydrogens (primary N) is 1. The molecule has 0 bridgehead atoms. The van der Waals surface area contributed by atoms with Gasteiger partial charge in [0.05, 0.1) is 5.75 Å². The second-order valence-electron chi connectivity index (χ2n) is 4.57. The molecule has 7 heteroatoms. The summed E-state index contributed by atoms with van der Waals surface area (Å²) < 4.78 is 25.0. The van der Waals surface area contributed by atoms with Crippen molar-refractivity contribution < 1.29 is 13.2 Å². The summed E-state index contributed by atoms with van der Waals surface area (Å²) in [6.45, 7) is 3.00. The van der Waals surface area contributed by atoms with Crippen molar-refractivity contribution in [3.8, 4) is 0 Å². The third-order valence-corrected chi connectivity index (χ3v) is 4.57. The zero-order chi connectivity index (χ0) is 12.9. The zero-order valence-corrected chi connectivity index (χ0v) is 11.0. The fraction of sp³-hybridized carbons (Fsp3) is 0.900. The van der Waals surface area contributed by atoms with E-state index in [4.69, 9.17) is 5.73 Å². The minimum Gasteiger partial charge on any atom is -0.370 e. The first-order valence-corrected chi connectivity index (χ1v) is 7.55. The average Bonchev–Trinajstić information content (AvgIpc) is 2.38. The Kier molecular flexibility index (Phi) is 5.35. The van der Waals surface area contributed by atoms with Crippen LogP contribution >= 0.6 is 0 Å². The highest BCUT2D eigenvalue weighted by molar-refractivity contribution is 7.89. The first-order chi connectivity index (χ1) is 7.92. The molecule has 0 radical (unpaired) electrons. The predicted octanol–water partition coefficient (Wildman–Crippen LogP) is -0.182. The van der Waals surface area contributed by atoms with Gasteiger partial charge in [0.15, 0.2) is 0 Å². The molecule has 1 fully saturated rings. The van der Waals surface area contributed by atoms with Crippen LogP contribution in [-0.4, -0.2) is 37.6 Å². The standard InChI is InChI=1S/C10H21N3O3S/c1-9(4-5-10(11)14)8-13-12-6-2-3-7-17(13,15)16/h9,12H,2-8H2,1H3,(H2,11,14). The molecule has 3 N–H and O–H groups in total. The highest BCUT2D eigenvalue weighted by Gasteiger charge is 2.25. The van der Waals surface area contributed by atoms with Crippen molar-refractivity contribution in [1.29, 1.82) is 0 Å². The van der Waals surface area contributed by atoms with Crippen molar-refractivity contribution >= 4 is 15.9 Å². The number of hydrogen-bond acceptors (Lipinski definition) is 4. The van der Waals surface area contributed by atoms with Crippen LogP contribution in [0.15, 0.2) is 0 Å². The van der Waals surface area contributed by atoms with E-state index in [2.05, 4.69) is 5.43 Å². The fourth-order valence-electron chi connectivity index (χ4n) is 1.76. The summed E-state index contributed by atoms with van der Waals surface area (Å²) in [5.74, 6) is -0.0332. The third kappa shape index (κ3) is 5.01. The maximum Gasteiger partial charge on any atom is 0.226 e. The molecule has 100 valence electrons. The largest absolute Gasteiger partial charge is 0.370 e. The molecule has 17 heavy (non-hydrogen) atoms. The maximum absolute atomic E-state index is 11.8. The second-order valence-corrected chi connectivity index (χ2v) is 6.59. The van der Waals surface area contributed by atoms with Gasteiger partial charge in [-0.3, -0.25) is 4.79 Å². The van der Waals surface area contributed by atoms with Crippen LogP contribution in [0.25, 0.3) is 0 Å². The molecule has 1 aliphatic rings. The van der Waals surface area contributed by atoms with E-state index in [9.17, 15) is 13.2 Å². The third-order valence-electron chi connectivity index (χ3n) is 2.81. The van der Waals surface area contributed by atoms with Crippen LogP contribution in [0.3, 0.4) is 0 Å². The van der Waals surface area contributed by atoms with Crippen LogP contribution in [0.5, 0.6) is 0 Å². The van der Waals surface area contributed by atoms with Crippen LogP contribution in [0, 0.1) is 5.92 Å². The van der Waals surface area contributed by atoms with Crippen molar-refractivity contribution in [2.45, 2.75) is 32.6 Å². The van der Waals surface area contributed by atoms with E-state index in [0.717, 1.165) is 6.42 Å². The molecule has 1 aliphatic heterocycles. The molecule has 1 heterocycles. The Hall–Kier alpha value is -0.660. The number of carbonyl (C=O) groups is 1. The van der Waals surface area contributed by atoms with Gasteiger partial charge in [-0.25, -0.2) is 13.8 Å². The van der Waals surface area contributed by atoms with Crippen LogP contribution in [-0.2, 0) is 14.8 Å². The van der Waals surface area contributed by atoms with E-state index < -0.39 is 10.0 Å². The van der Waals surface area contributed by atoms with Crippen molar-refractivity contribution in [1.82, 2.24) is 9.84 Å². The first-order valence-electron chi connectivity index (χ1n) is 5.94. The Morgan fingerprint density at radius 1 is 1.47 bits per heavy atom. The summed E-state index contributed by atoms with van der Waals surface area (Å²) in [6.07, 6.45) is 2.48. The monoisotopic (exact) mass is 263 g/mol. The second kappa shape index (κ2) is 6.32. The zero-order valence-electron chi connectivity index (χ0n) is 10.2. The Labute approximate surface area is 103 Å². The van der Waals surface area contributed by atoms with Crippen LogP contribution < -0.4 is 11.2 Å². The molecule has 0 saturated carbocycles. The van der Waals surface area contributed by atoms with Crippen molar-refractivity contribution in [3.05, 3.63) is 0 Å². The average molecular weight is 263 g/mol. The molecule has 1 rings (SSSR count). The molecule has 1 saturated heterocycles. The molecule has 1 atom stereocenters. The molecule has 1 amide bonds. The first kappa shape index (κ1) is 14.4. The van der Waals surface area contributed by atoms with E-state index in [1.807, 2.05) is 6.92 Å². The normalized spacial score (nSPS) is 22.9. The summed E-state index contributed by atoms with van der Waals surface area (Å²) >= 11 is 0. The van der Waals surface area contributed by atoms with Crippen molar-refractivity contribution in [3.63, 3.8) is 0 Å². The number of sulfonamides is 1. The Bertz CT molecular complexity index is 356. The summed E-state index contributed by atoms with van der Waals surface area (Å²) in [7, 11) is -3.19. The lowest BCUT2D eigenvalue weighted by Gasteiger charge is -2.23. The Balaban J connectivity index is 2.50.